The van der Waals surface area contributed by atoms with Crippen LogP contribution in [-0.2, 0) is 7.05 Å². The van der Waals surface area contributed by atoms with Crippen molar-refractivity contribution in [2.24, 2.45) is 7.05 Å². The van der Waals surface area contributed by atoms with Crippen molar-refractivity contribution in [2.45, 2.75) is 6.92 Å². The normalized spacial score (nSPS) is 10.5. The number of pyridine rings is 1. The molecule has 3 aromatic rings. The topological polar surface area (TPSA) is 77.1 Å². The molecule has 0 bridgehead atoms. The number of hydrogen-bond acceptors (Lipinski definition) is 4. The van der Waals surface area contributed by atoms with E-state index >= 15 is 0 Å². The van der Waals surface area contributed by atoms with Gasteiger partial charge < -0.3 is 14.3 Å². The molecule has 0 radical (unpaired) electrons. The Hall–Kier alpha value is -3.15. The molecule has 0 atom stereocenters. The van der Waals surface area contributed by atoms with Crippen LogP contribution in [0.3, 0.4) is 0 Å². The Bertz CT molecular complexity index is 910. The van der Waals surface area contributed by atoms with Crippen molar-refractivity contribution in [1.82, 2.24) is 9.55 Å². The van der Waals surface area contributed by atoms with E-state index in [1.807, 2.05) is 30.3 Å². The lowest BCUT2D eigenvalue weighted by Crippen LogP contribution is -2.19. The standard InChI is InChI=1S/C17H15N3O3/c1-11-8-15(21)20(2)9-13(11)18-16(22)14-10-23-17(19-14)12-6-4-3-5-7-12/h3-10H,1-2H3,(H,18,22). The molecule has 3 rings (SSSR count). The number of benzene rings is 1. The molecular formula is C17H15N3O3. The van der Waals surface area contributed by atoms with Crippen molar-refractivity contribution >= 4 is 11.6 Å². The van der Waals surface area contributed by atoms with E-state index in [-0.39, 0.29) is 11.3 Å². The van der Waals surface area contributed by atoms with Crippen LogP contribution >= 0.6 is 0 Å². The summed E-state index contributed by atoms with van der Waals surface area (Å²) in [5.74, 6) is -0.00869. The maximum Gasteiger partial charge on any atom is 0.277 e. The molecule has 1 aromatic carbocycles. The van der Waals surface area contributed by atoms with Crippen molar-refractivity contribution in [3.8, 4) is 11.5 Å². The molecule has 0 saturated carbocycles. The third kappa shape index (κ3) is 3.06. The first kappa shape index (κ1) is 14.8. The highest BCUT2D eigenvalue weighted by Gasteiger charge is 2.14. The molecule has 2 aromatic heterocycles. The molecule has 116 valence electrons. The Labute approximate surface area is 132 Å². The smallest absolute Gasteiger partial charge is 0.277 e. The molecule has 0 unspecified atom stereocenters. The molecule has 6 nitrogen and oxygen atoms in total. The van der Waals surface area contributed by atoms with E-state index in [1.165, 1.54) is 16.9 Å². The Morgan fingerprint density at radius 3 is 2.74 bits per heavy atom. The minimum Gasteiger partial charge on any atom is -0.444 e. The van der Waals surface area contributed by atoms with Gasteiger partial charge in [0.15, 0.2) is 5.69 Å². The number of carbonyl (C=O) groups excluding carboxylic acids is 1. The Morgan fingerprint density at radius 1 is 1.26 bits per heavy atom. The van der Waals surface area contributed by atoms with Gasteiger partial charge in [0.05, 0.1) is 5.69 Å². The van der Waals surface area contributed by atoms with Gasteiger partial charge in [-0.3, -0.25) is 9.59 Å². The molecule has 23 heavy (non-hydrogen) atoms. The summed E-state index contributed by atoms with van der Waals surface area (Å²) >= 11 is 0. The van der Waals surface area contributed by atoms with E-state index < -0.39 is 5.91 Å². The number of nitrogens with zero attached hydrogens (tertiary/aromatic N) is 2. The molecule has 0 spiro atoms. The zero-order chi connectivity index (χ0) is 16.4. The SMILES string of the molecule is Cc1cc(=O)n(C)cc1NC(=O)c1coc(-c2ccccc2)n1. The lowest BCUT2D eigenvalue weighted by molar-refractivity contribution is 0.102. The summed E-state index contributed by atoms with van der Waals surface area (Å²) in [5.41, 5.74) is 2.09. The number of anilines is 1. The third-order valence-corrected chi connectivity index (χ3v) is 3.44. The second-order valence-electron chi connectivity index (χ2n) is 5.18. The van der Waals surface area contributed by atoms with Gasteiger partial charge in [-0.05, 0) is 24.6 Å². The number of hydrogen-bond donors (Lipinski definition) is 1. The monoisotopic (exact) mass is 309 g/mol. The summed E-state index contributed by atoms with van der Waals surface area (Å²) in [4.78, 5) is 28.0. The van der Waals surface area contributed by atoms with Crippen LogP contribution in [0, 0.1) is 6.92 Å². The van der Waals surface area contributed by atoms with Gasteiger partial charge in [-0.2, -0.15) is 0 Å². The lowest BCUT2D eigenvalue weighted by Gasteiger charge is -2.08. The molecule has 0 aliphatic heterocycles. The van der Waals surface area contributed by atoms with Crippen LogP contribution in [0.1, 0.15) is 16.1 Å². The first-order valence-corrected chi connectivity index (χ1v) is 7.04. The quantitative estimate of drug-likeness (QED) is 0.806. The first-order chi connectivity index (χ1) is 11.0. The lowest BCUT2D eigenvalue weighted by atomic mass is 10.2. The van der Waals surface area contributed by atoms with Gasteiger partial charge in [-0.1, -0.05) is 18.2 Å². The largest absolute Gasteiger partial charge is 0.444 e. The van der Waals surface area contributed by atoms with Crippen LogP contribution in [0.15, 0.2) is 58.1 Å². The minimum atomic E-state index is -0.391. The Kier molecular flexibility index (Phi) is 3.80. The van der Waals surface area contributed by atoms with Crippen molar-refractivity contribution in [1.29, 1.82) is 0 Å². The number of oxazole rings is 1. The van der Waals surface area contributed by atoms with Gasteiger partial charge in [0, 0.05) is 24.9 Å². The summed E-state index contributed by atoms with van der Waals surface area (Å²) < 4.78 is 6.76. The number of amides is 1. The van der Waals surface area contributed by atoms with E-state index in [4.69, 9.17) is 4.42 Å². The van der Waals surface area contributed by atoms with Crippen molar-refractivity contribution < 1.29 is 9.21 Å². The summed E-state index contributed by atoms with van der Waals surface area (Å²) in [6.07, 6.45) is 2.89. The maximum atomic E-state index is 12.3. The van der Waals surface area contributed by atoms with Gasteiger partial charge >= 0.3 is 0 Å². The van der Waals surface area contributed by atoms with E-state index in [1.54, 1.807) is 20.2 Å². The van der Waals surface area contributed by atoms with Crippen LogP contribution in [0.4, 0.5) is 5.69 Å². The molecule has 6 heteroatoms. The van der Waals surface area contributed by atoms with Crippen molar-refractivity contribution in [3.05, 3.63) is 70.5 Å². The zero-order valence-electron chi connectivity index (χ0n) is 12.7. The van der Waals surface area contributed by atoms with Crippen LogP contribution < -0.4 is 10.9 Å². The highest BCUT2D eigenvalue weighted by atomic mass is 16.3. The average Bonchev–Trinajstić information content (AvgIpc) is 3.03. The van der Waals surface area contributed by atoms with Crippen LogP contribution in [0.5, 0.6) is 0 Å². The average molecular weight is 309 g/mol. The van der Waals surface area contributed by atoms with E-state index in [0.29, 0.717) is 17.1 Å². The van der Waals surface area contributed by atoms with Gasteiger partial charge in [0.25, 0.3) is 11.5 Å². The first-order valence-electron chi connectivity index (χ1n) is 7.04. The van der Waals surface area contributed by atoms with E-state index in [2.05, 4.69) is 10.3 Å². The van der Waals surface area contributed by atoms with Gasteiger partial charge in [-0.15, -0.1) is 0 Å². The fraction of sp³-hybridized carbons (Fsp3) is 0.118. The second-order valence-corrected chi connectivity index (χ2v) is 5.18. The van der Waals surface area contributed by atoms with Gasteiger partial charge in [0.1, 0.15) is 6.26 Å². The minimum absolute atomic E-state index is 0.131. The summed E-state index contributed by atoms with van der Waals surface area (Å²) in [7, 11) is 1.63. The summed E-state index contributed by atoms with van der Waals surface area (Å²) in [6, 6.07) is 10.8. The van der Waals surface area contributed by atoms with Crippen LogP contribution in [0.25, 0.3) is 11.5 Å². The van der Waals surface area contributed by atoms with Gasteiger partial charge in [0.2, 0.25) is 5.89 Å². The molecule has 0 saturated heterocycles. The van der Waals surface area contributed by atoms with Crippen molar-refractivity contribution in [2.75, 3.05) is 5.32 Å². The Morgan fingerprint density at radius 2 is 2.00 bits per heavy atom. The molecule has 2 heterocycles. The molecule has 0 fully saturated rings. The number of nitrogens with one attached hydrogen (secondary N) is 1. The zero-order valence-corrected chi connectivity index (χ0v) is 12.7. The van der Waals surface area contributed by atoms with Gasteiger partial charge in [-0.25, -0.2) is 4.98 Å². The summed E-state index contributed by atoms with van der Waals surface area (Å²) in [5, 5.41) is 2.74. The number of rotatable bonds is 3. The molecule has 1 N–H and O–H groups in total. The van der Waals surface area contributed by atoms with Crippen LogP contribution in [-0.4, -0.2) is 15.5 Å². The molecule has 0 aliphatic rings. The number of aromatic nitrogens is 2. The Balaban J connectivity index is 1.84. The summed E-state index contributed by atoms with van der Waals surface area (Å²) in [6.45, 7) is 1.76. The second kappa shape index (κ2) is 5.92. The van der Waals surface area contributed by atoms with Crippen molar-refractivity contribution in [3.63, 3.8) is 0 Å². The molecular weight excluding hydrogens is 294 g/mol. The number of aryl methyl sites for hydroxylation is 2. The maximum absolute atomic E-state index is 12.3. The highest BCUT2D eigenvalue weighted by Crippen LogP contribution is 2.19. The predicted octanol–water partition coefficient (Wildman–Crippen LogP) is 2.60. The van der Waals surface area contributed by atoms with E-state index in [9.17, 15) is 9.59 Å². The highest BCUT2D eigenvalue weighted by molar-refractivity contribution is 6.03. The fourth-order valence-corrected chi connectivity index (χ4v) is 2.13. The molecule has 0 aliphatic carbocycles. The molecule has 1 amide bonds. The van der Waals surface area contributed by atoms with Crippen LogP contribution in [0.2, 0.25) is 0 Å². The third-order valence-electron chi connectivity index (χ3n) is 3.44. The fourth-order valence-electron chi connectivity index (χ4n) is 2.13. The van der Waals surface area contributed by atoms with E-state index in [0.717, 1.165) is 5.56 Å². The number of carbonyl (C=O) groups is 1. The predicted molar refractivity (Wildman–Crippen MR) is 86.3 cm³/mol.